The van der Waals surface area contributed by atoms with Crippen LogP contribution in [-0.2, 0) is 32.7 Å². The molecule has 9 nitrogen and oxygen atoms in total. The molecule has 0 radical (unpaired) electrons. The molecule has 0 aliphatic heterocycles. The van der Waals surface area contributed by atoms with E-state index in [4.69, 9.17) is 18.5 Å². The van der Waals surface area contributed by atoms with E-state index in [-0.39, 0.29) is 32.0 Å². The van der Waals surface area contributed by atoms with Crippen LogP contribution in [0.3, 0.4) is 0 Å². The molecule has 472 valence electrons. The number of ether oxygens (including phenoxy) is 2. The molecule has 0 fully saturated rings. The van der Waals surface area contributed by atoms with Gasteiger partial charge in [0, 0.05) is 12.8 Å². The largest absolute Gasteiger partial charge is 0.472 e. The molecule has 1 N–H and O–H groups in total. The van der Waals surface area contributed by atoms with Gasteiger partial charge in [0.2, 0.25) is 0 Å². The second-order valence-electron chi connectivity index (χ2n) is 23.4. The van der Waals surface area contributed by atoms with E-state index in [0.29, 0.717) is 17.4 Å². The van der Waals surface area contributed by atoms with E-state index in [0.717, 1.165) is 103 Å². The van der Waals surface area contributed by atoms with E-state index >= 15 is 0 Å². The number of phosphoric ester groups is 1. The van der Waals surface area contributed by atoms with Crippen molar-refractivity contribution in [3.8, 4) is 0 Å². The van der Waals surface area contributed by atoms with Gasteiger partial charge in [0.15, 0.2) is 6.10 Å². The summed E-state index contributed by atoms with van der Waals surface area (Å²) in [7, 11) is 1.47. The van der Waals surface area contributed by atoms with Crippen molar-refractivity contribution in [3.63, 3.8) is 0 Å². The number of hydrogen-bond donors (Lipinski definition) is 1. The molecule has 0 aromatic heterocycles. The number of phosphoric acid groups is 1. The molecule has 2 atom stereocenters. The maximum Gasteiger partial charge on any atom is 0.472 e. The van der Waals surface area contributed by atoms with Crippen LogP contribution in [0.15, 0.2) is 109 Å². The first-order valence-corrected chi connectivity index (χ1v) is 35.1. The minimum atomic E-state index is -4.40. The normalized spacial score (nSPS) is 13.9. The summed E-state index contributed by atoms with van der Waals surface area (Å²) in [4.78, 5) is 35.8. The SMILES string of the molecule is CC/C=C\C/C=C\C/C=C\C/C=C\C/C=C\CCCCCCCCCCCCCCCCCCCCCCCC(=O)OC(COC(=O)CCCCCCCCCC/C=C\C/C=C\C/C=C\C/C=C\CC)COP(=O)(O)OCC[N+](C)(C)C. The van der Waals surface area contributed by atoms with Crippen molar-refractivity contribution < 1.29 is 42.1 Å². The molecule has 0 aliphatic carbocycles. The predicted molar refractivity (Wildman–Crippen MR) is 353 cm³/mol. The van der Waals surface area contributed by atoms with Crippen LogP contribution in [0.1, 0.15) is 284 Å². The van der Waals surface area contributed by atoms with E-state index in [1.165, 1.54) is 148 Å². The zero-order chi connectivity index (χ0) is 59.8. The van der Waals surface area contributed by atoms with Gasteiger partial charge in [-0.25, -0.2) is 4.57 Å². The highest BCUT2D eigenvalue weighted by atomic mass is 31.2. The number of carbonyl (C=O) groups excluding carboxylic acids is 2. The van der Waals surface area contributed by atoms with Gasteiger partial charge in [-0.05, 0) is 96.3 Å². The smallest absolute Gasteiger partial charge is 0.462 e. The summed E-state index contributed by atoms with van der Waals surface area (Å²) in [6.07, 6.45) is 87.6. The van der Waals surface area contributed by atoms with Gasteiger partial charge < -0.3 is 18.9 Å². The maximum atomic E-state index is 12.9. The molecule has 2 unspecified atom stereocenters. The Kier molecular flexibility index (Phi) is 59.7. The first kappa shape index (κ1) is 78.7. The Balaban J connectivity index is 4.01. The van der Waals surface area contributed by atoms with E-state index in [1.54, 1.807) is 0 Å². The van der Waals surface area contributed by atoms with Crippen molar-refractivity contribution in [2.45, 2.75) is 290 Å². The van der Waals surface area contributed by atoms with Crippen molar-refractivity contribution in [3.05, 3.63) is 109 Å². The van der Waals surface area contributed by atoms with Crippen LogP contribution in [0, 0.1) is 0 Å². The molecule has 0 spiro atoms. The minimum absolute atomic E-state index is 0.0274. The van der Waals surface area contributed by atoms with Gasteiger partial charge in [-0.1, -0.05) is 284 Å². The van der Waals surface area contributed by atoms with Crippen LogP contribution in [-0.4, -0.2) is 74.9 Å². The van der Waals surface area contributed by atoms with Gasteiger partial charge in [0.1, 0.15) is 19.8 Å². The van der Waals surface area contributed by atoms with Gasteiger partial charge in [0.05, 0.1) is 27.7 Å². The van der Waals surface area contributed by atoms with E-state index in [9.17, 15) is 19.0 Å². The Morgan fingerprint density at radius 2 is 0.659 bits per heavy atom. The Morgan fingerprint density at radius 1 is 0.378 bits per heavy atom. The minimum Gasteiger partial charge on any atom is -0.462 e. The van der Waals surface area contributed by atoms with Crippen molar-refractivity contribution >= 4 is 19.8 Å². The summed E-state index contributed by atoms with van der Waals surface area (Å²) in [6.45, 7) is 4.22. The van der Waals surface area contributed by atoms with Gasteiger partial charge in [-0.3, -0.25) is 18.6 Å². The first-order chi connectivity index (χ1) is 40.0. The first-order valence-electron chi connectivity index (χ1n) is 33.6. The number of allylic oxidation sites excluding steroid dienone is 18. The molecule has 0 amide bonds. The maximum absolute atomic E-state index is 12.9. The van der Waals surface area contributed by atoms with Crippen LogP contribution in [0.2, 0.25) is 0 Å². The third-order valence-corrected chi connectivity index (χ3v) is 15.3. The lowest BCUT2D eigenvalue weighted by molar-refractivity contribution is -0.870. The summed E-state index contributed by atoms with van der Waals surface area (Å²) >= 11 is 0. The lowest BCUT2D eigenvalue weighted by Gasteiger charge is -2.24. The molecule has 0 heterocycles. The highest BCUT2D eigenvalue weighted by Gasteiger charge is 2.27. The Morgan fingerprint density at radius 3 is 0.976 bits per heavy atom. The van der Waals surface area contributed by atoms with Gasteiger partial charge in [-0.15, -0.1) is 0 Å². The van der Waals surface area contributed by atoms with Gasteiger partial charge in [0.25, 0.3) is 0 Å². The molecule has 0 aliphatic rings. The second-order valence-corrected chi connectivity index (χ2v) is 24.9. The lowest BCUT2D eigenvalue weighted by Crippen LogP contribution is -2.37. The third kappa shape index (κ3) is 65.8. The monoisotopic (exact) mass is 1160 g/mol. The summed E-state index contributed by atoms with van der Waals surface area (Å²) in [5.74, 6) is -0.801. The zero-order valence-corrected chi connectivity index (χ0v) is 54.6. The molecular formula is C72H127NO8P+. The number of esters is 2. The van der Waals surface area contributed by atoms with Gasteiger partial charge >= 0.3 is 19.8 Å². The average Bonchev–Trinajstić information content (AvgIpc) is 3.46. The number of unbranched alkanes of at least 4 members (excludes halogenated alkanes) is 29. The van der Waals surface area contributed by atoms with Crippen molar-refractivity contribution in [1.29, 1.82) is 0 Å². The molecule has 82 heavy (non-hydrogen) atoms. The zero-order valence-electron chi connectivity index (χ0n) is 53.7. The molecule has 0 aromatic rings. The lowest BCUT2D eigenvalue weighted by atomic mass is 10.0. The van der Waals surface area contributed by atoms with E-state index in [1.807, 2.05) is 21.1 Å². The Bertz CT molecular complexity index is 1750. The quantitative estimate of drug-likeness (QED) is 0.0211. The van der Waals surface area contributed by atoms with E-state index in [2.05, 4.69) is 123 Å². The standard InChI is InChI=1S/C72H126NO8P/c1-6-8-10-12-14-16-18-20-22-24-26-28-29-30-31-32-33-34-35-36-37-38-39-40-41-42-43-45-47-49-51-53-55-57-59-61-63-65-72(75)81-70(69-80-82(76,77)79-67-66-73(3,4)5)68-78-71(74)64-62-60-58-56-54-52-50-48-46-44-27-25-23-21-19-17-15-13-11-9-7-2/h8-11,14-17,20-23,26-28,30-31,44,70H,6-7,12-13,18-19,24-25,29,32-43,45-69H2,1-5H3/p+1/b10-8-,11-9-,16-14-,17-15-,22-20-,23-21-,28-26-,31-30-,44-27-. The number of likely N-dealkylation sites (N-methyl/N-ethyl adjacent to an activating group) is 1. The van der Waals surface area contributed by atoms with Crippen LogP contribution >= 0.6 is 7.82 Å². The average molecular weight is 1170 g/mol. The van der Waals surface area contributed by atoms with Crippen LogP contribution in [0.5, 0.6) is 0 Å². The molecule has 0 saturated carbocycles. The Labute approximate surface area is 506 Å². The van der Waals surface area contributed by atoms with Gasteiger partial charge in [-0.2, -0.15) is 0 Å². The molecule has 0 aromatic carbocycles. The van der Waals surface area contributed by atoms with Crippen molar-refractivity contribution in [2.24, 2.45) is 0 Å². The Hall–Kier alpha value is -3.33. The fraction of sp³-hybridized carbons (Fsp3) is 0.722. The summed E-state index contributed by atoms with van der Waals surface area (Å²) < 4.78 is 34.7. The van der Waals surface area contributed by atoms with Crippen molar-refractivity contribution in [2.75, 3.05) is 47.5 Å². The molecular weight excluding hydrogens is 1040 g/mol. The van der Waals surface area contributed by atoms with Crippen molar-refractivity contribution in [1.82, 2.24) is 0 Å². The highest BCUT2D eigenvalue weighted by Crippen LogP contribution is 2.43. The van der Waals surface area contributed by atoms with Crippen LogP contribution < -0.4 is 0 Å². The third-order valence-electron chi connectivity index (χ3n) is 14.3. The molecule has 0 bridgehead atoms. The summed E-state index contributed by atoms with van der Waals surface area (Å²) in [5.41, 5.74) is 0. The fourth-order valence-corrected chi connectivity index (χ4v) is 9.95. The van der Waals surface area contributed by atoms with E-state index < -0.39 is 26.5 Å². The summed E-state index contributed by atoms with van der Waals surface area (Å²) in [5, 5.41) is 0. The molecule has 0 saturated heterocycles. The topological polar surface area (TPSA) is 108 Å². The highest BCUT2D eigenvalue weighted by molar-refractivity contribution is 7.47. The van der Waals surface area contributed by atoms with Crippen LogP contribution in [0.4, 0.5) is 0 Å². The number of quaternary nitrogens is 1. The number of hydrogen-bond acceptors (Lipinski definition) is 7. The predicted octanol–water partition coefficient (Wildman–Crippen LogP) is 21.7. The molecule has 10 heteroatoms. The second kappa shape index (κ2) is 62.2. The fourth-order valence-electron chi connectivity index (χ4n) is 9.21. The van der Waals surface area contributed by atoms with Crippen LogP contribution in [0.25, 0.3) is 0 Å². The molecule has 0 rings (SSSR count). The number of carbonyl (C=O) groups is 2. The summed E-state index contributed by atoms with van der Waals surface area (Å²) in [6, 6.07) is 0. The number of rotatable bonds is 61. The number of nitrogens with zero attached hydrogens (tertiary/aromatic N) is 1.